The van der Waals surface area contributed by atoms with E-state index in [9.17, 15) is 13.2 Å². The van der Waals surface area contributed by atoms with Crippen LogP contribution in [0.4, 0.5) is 0 Å². The van der Waals surface area contributed by atoms with Crippen molar-refractivity contribution < 1.29 is 22.7 Å². The summed E-state index contributed by atoms with van der Waals surface area (Å²) >= 11 is 0. The first-order valence-electron chi connectivity index (χ1n) is 12.9. The zero-order valence-corrected chi connectivity index (χ0v) is 22.9. The highest BCUT2D eigenvalue weighted by Crippen LogP contribution is 2.32. The highest BCUT2D eigenvalue weighted by Gasteiger charge is 2.31. The fourth-order valence-corrected chi connectivity index (χ4v) is 7.07. The molecule has 9 heteroatoms. The summed E-state index contributed by atoms with van der Waals surface area (Å²) in [5, 5.41) is 0. The molecule has 0 radical (unpaired) electrons. The van der Waals surface area contributed by atoms with E-state index in [0.717, 1.165) is 44.3 Å². The number of rotatable bonds is 10. The van der Waals surface area contributed by atoms with Crippen LogP contribution < -0.4 is 4.74 Å². The lowest BCUT2D eigenvalue weighted by Gasteiger charge is -2.40. The summed E-state index contributed by atoms with van der Waals surface area (Å²) in [6, 6.07) is 3.44. The number of methoxy groups -OCH3 is 1. The van der Waals surface area contributed by atoms with Gasteiger partial charge in [0.05, 0.1) is 18.6 Å². The molecule has 0 aliphatic carbocycles. The van der Waals surface area contributed by atoms with Crippen molar-refractivity contribution in [1.82, 2.24) is 14.1 Å². The van der Waals surface area contributed by atoms with Crippen LogP contribution in [0.3, 0.4) is 0 Å². The van der Waals surface area contributed by atoms with E-state index in [1.807, 2.05) is 4.90 Å². The Morgan fingerprint density at radius 1 is 1.03 bits per heavy atom. The molecule has 0 atom stereocenters. The van der Waals surface area contributed by atoms with Crippen LogP contribution in [0, 0.1) is 25.7 Å². The van der Waals surface area contributed by atoms with Crippen molar-refractivity contribution >= 4 is 15.9 Å². The van der Waals surface area contributed by atoms with Crippen LogP contribution in [0.15, 0.2) is 17.0 Å². The fraction of sp³-hybridized carbons (Fsp3) is 0.731. The van der Waals surface area contributed by atoms with Crippen molar-refractivity contribution in [2.24, 2.45) is 11.8 Å². The number of carbonyl (C=O) groups is 1. The number of sulfonamides is 1. The molecule has 2 aliphatic heterocycles. The predicted octanol–water partition coefficient (Wildman–Crippen LogP) is 2.92. The number of likely N-dealkylation sites (N-methyl/N-ethyl adjacent to an activating group) is 1. The number of likely N-dealkylation sites (tertiary alicyclic amines) is 2. The van der Waals surface area contributed by atoms with E-state index >= 15 is 0 Å². The summed E-state index contributed by atoms with van der Waals surface area (Å²) in [5.41, 5.74) is 1.29. The number of piperidine rings is 2. The first-order chi connectivity index (χ1) is 16.7. The first kappa shape index (κ1) is 27.9. The average molecular weight is 510 g/mol. The highest BCUT2D eigenvalue weighted by molar-refractivity contribution is 7.89. The van der Waals surface area contributed by atoms with Gasteiger partial charge in [0.25, 0.3) is 0 Å². The van der Waals surface area contributed by atoms with E-state index in [2.05, 4.69) is 11.8 Å². The van der Waals surface area contributed by atoms with Crippen LogP contribution in [0.2, 0.25) is 0 Å². The fourth-order valence-electron chi connectivity index (χ4n) is 5.52. The minimum absolute atomic E-state index is 0.00314. The molecule has 0 bridgehead atoms. The third-order valence-corrected chi connectivity index (χ3v) is 9.92. The molecular formula is C26H43N3O5S. The Morgan fingerprint density at radius 2 is 1.57 bits per heavy atom. The molecule has 1 aromatic rings. The smallest absolute Gasteiger partial charge is 0.248 e. The number of ether oxygens (including phenoxy) is 2. The highest BCUT2D eigenvalue weighted by atomic mass is 32.2. The zero-order valence-electron chi connectivity index (χ0n) is 22.1. The molecule has 0 aromatic heterocycles. The molecular weight excluding hydrogens is 466 g/mol. The Morgan fingerprint density at radius 3 is 2.09 bits per heavy atom. The second-order valence-electron chi connectivity index (χ2n) is 9.96. The maximum Gasteiger partial charge on any atom is 0.248 e. The van der Waals surface area contributed by atoms with Crippen molar-refractivity contribution in [3.63, 3.8) is 0 Å². The topological polar surface area (TPSA) is 79.4 Å². The molecule has 198 valence electrons. The van der Waals surface area contributed by atoms with Crippen LogP contribution in [-0.4, -0.2) is 95.1 Å². The Labute approximate surface area is 211 Å². The molecule has 2 fully saturated rings. The minimum atomic E-state index is -3.67. The van der Waals surface area contributed by atoms with Gasteiger partial charge in [0, 0.05) is 26.7 Å². The molecule has 2 heterocycles. The average Bonchev–Trinajstić information content (AvgIpc) is 2.85. The summed E-state index contributed by atoms with van der Waals surface area (Å²) < 4.78 is 38.3. The number of amides is 1. The first-order valence-corrected chi connectivity index (χ1v) is 14.3. The standard InChI is InChI=1S/C26H43N3O5S/c1-6-28-11-7-22(8-12-28)23-9-13-29(14-10-23)25(30)19-34-16-15-27(4)35(31,32)26-20(2)17-24(33-5)18-21(26)3/h17-18,22-23H,6-16,19H2,1-5H3. The van der Waals surface area contributed by atoms with Crippen molar-refractivity contribution in [2.75, 3.05) is 66.6 Å². The van der Waals surface area contributed by atoms with Gasteiger partial charge in [0.15, 0.2) is 0 Å². The van der Waals surface area contributed by atoms with Crippen LogP contribution in [0.5, 0.6) is 5.75 Å². The van der Waals surface area contributed by atoms with Gasteiger partial charge in [-0.15, -0.1) is 0 Å². The number of carbonyl (C=O) groups excluding carboxylic acids is 1. The molecule has 0 unspecified atom stereocenters. The van der Waals surface area contributed by atoms with E-state index in [1.54, 1.807) is 40.1 Å². The SMILES string of the molecule is CCN1CCC(C2CCN(C(=O)COCCN(C)S(=O)(=O)c3c(C)cc(OC)cc3C)CC2)CC1. The molecule has 0 saturated carbocycles. The molecule has 2 aliphatic rings. The van der Waals surface area contributed by atoms with Crippen molar-refractivity contribution in [2.45, 2.75) is 51.3 Å². The van der Waals surface area contributed by atoms with Gasteiger partial charge in [-0.1, -0.05) is 6.92 Å². The molecule has 8 nitrogen and oxygen atoms in total. The number of benzene rings is 1. The van der Waals surface area contributed by atoms with Crippen LogP contribution >= 0.6 is 0 Å². The number of hydrogen-bond acceptors (Lipinski definition) is 6. The van der Waals surface area contributed by atoms with Crippen LogP contribution in [0.25, 0.3) is 0 Å². The van der Waals surface area contributed by atoms with E-state index in [4.69, 9.17) is 9.47 Å². The lowest BCUT2D eigenvalue weighted by molar-refractivity contribution is -0.137. The third-order valence-electron chi connectivity index (χ3n) is 7.75. The molecule has 1 amide bonds. The molecule has 35 heavy (non-hydrogen) atoms. The molecule has 3 rings (SSSR count). The van der Waals surface area contributed by atoms with Crippen molar-refractivity contribution in [3.05, 3.63) is 23.3 Å². The largest absolute Gasteiger partial charge is 0.497 e. The second-order valence-corrected chi connectivity index (χ2v) is 11.9. The maximum atomic E-state index is 13.1. The Bertz CT molecular complexity index is 929. The van der Waals surface area contributed by atoms with E-state index in [1.165, 1.54) is 30.2 Å². The normalized spacial score (nSPS) is 18.9. The number of nitrogens with zero attached hydrogens (tertiary/aromatic N) is 3. The van der Waals surface area contributed by atoms with Gasteiger partial charge in [-0.05, 0) is 94.3 Å². The van der Waals surface area contributed by atoms with Gasteiger partial charge in [-0.25, -0.2) is 8.42 Å². The van der Waals surface area contributed by atoms with Gasteiger partial charge in [-0.3, -0.25) is 4.79 Å². The number of hydrogen-bond donors (Lipinski definition) is 0. The quantitative estimate of drug-likeness (QED) is 0.451. The maximum absolute atomic E-state index is 13.1. The Hall–Kier alpha value is -1.68. The van der Waals surface area contributed by atoms with Gasteiger partial charge in [0.2, 0.25) is 15.9 Å². The number of aryl methyl sites for hydroxylation is 2. The minimum Gasteiger partial charge on any atom is -0.497 e. The third kappa shape index (κ3) is 6.96. The van der Waals surface area contributed by atoms with Crippen LogP contribution in [-0.2, 0) is 19.6 Å². The molecule has 2 saturated heterocycles. The van der Waals surface area contributed by atoms with Gasteiger partial charge < -0.3 is 19.3 Å². The van der Waals surface area contributed by atoms with Crippen molar-refractivity contribution in [1.29, 1.82) is 0 Å². The summed E-state index contributed by atoms with van der Waals surface area (Å²) in [6.45, 7) is 11.2. The van der Waals surface area contributed by atoms with E-state index in [0.29, 0.717) is 21.8 Å². The second kappa shape index (κ2) is 12.5. The summed E-state index contributed by atoms with van der Waals surface area (Å²) in [6.07, 6.45) is 4.71. The summed E-state index contributed by atoms with van der Waals surface area (Å²) in [7, 11) is -0.567. The van der Waals surface area contributed by atoms with Gasteiger partial charge in [0.1, 0.15) is 12.4 Å². The summed E-state index contributed by atoms with van der Waals surface area (Å²) in [4.78, 5) is 17.3. The van der Waals surface area contributed by atoms with Gasteiger partial charge >= 0.3 is 0 Å². The summed E-state index contributed by atoms with van der Waals surface area (Å²) in [5.74, 6) is 2.15. The van der Waals surface area contributed by atoms with E-state index < -0.39 is 10.0 Å². The lowest BCUT2D eigenvalue weighted by Crippen LogP contribution is -2.44. The van der Waals surface area contributed by atoms with Gasteiger partial charge in [-0.2, -0.15) is 4.31 Å². The predicted molar refractivity (Wildman–Crippen MR) is 137 cm³/mol. The monoisotopic (exact) mass is 509 g/mol. The van der Waals surface area contributed by atoms with E-state index in [-0.39, 0.29) is 25.7 Å². The molecule has 1 aromatic carbocycles. The Balaban J connectivity index is 1.40. The lowest BCUT2D eigenvalue weighted by atomic mass is 9.79. The Kier molecular flexibility index (Phi) is 9.98. The zero-order chi connectivity index (χ0) is 25.6. The molecule has 0 spiro atoms. The van der Waals surface area contributed by atoms with Crippen molar-refractivity contribution in [3.8, 4) is 5.75 Å². The van der Waals surface area contributed by atoms with Crippen LogP contribution in [0.1, 0.15) is 43.7 Å². The molecule has 0 N–H and O–H groups in total.